The summed E-state index contributed by atoms with van der Waals surface area (Å²) < 4.78 is 218. The molecule has 1 aromatic heterocycles. The van der Waals surface area contributed by atoms with Crippen molar-refractivity contribution in [1.29, 1.82) is 0 Å². The van der Waals surface area contributed by atoms with Crippen LogP contribution in [0.4, 0.5) is 11.4 Å². The SMILES string of the molecule is C[N+]1=C(/C=C/C=C2/N(CCCCCC(=O)NCCOCCOCCOCCOCCC(=O)NCC#Cc3cn([C@H]4C[C@H](O)[C@@H](COP(=O)(O)OP(=O)(O)OP(=O)(O)O)O4)c(=O)[nH]c3=O)c3ccc4c(S(=O)(=O)O)cc(S(=O)(=O)O)cc4c3C2(C)C)C(C)(C)c2c1ccc1c(S(=O)(=O)O)cc(S(=O)(=O)O)cc21. The number of phosphoric ester groups is 1. The average molecular weight is 1630 g/mol. The Hall–Kier alpha value is -6.66. The molecule has 3 aliphatic rings. The van der Waals surface area contributed by atoms with Gasteiger partial charge in [0.25, 0.3) is 46.0 Å². The smallest absolute Gasteiger partial charge is 0.390 e. The molecule has 4 aromatic carbocycles. The fourth-order valence-electron chi connectivity index (χ4n) is 12.3. The van der Waals surface area contributed by atoms with Crippen molar-refractivity contribution in [3.05, 3.63) is 116 Å². The Morgan fingerprint density at radius 1 is 0.689 bits per heavy atom. The molecule has 106 heavy (non-hydrogen) atoms. The summed E-state index contributed by atoms with van der Waals surface area (Å²) in [5, 5.41) is 16.0. The van der Waals surface area contributed by atoms with Crippen LogP contribution < -0.4 is 26.8 Å². The van der Waals surface area contributed by atoms with Crippen LogP contribution in [0, 0.1) is 11.8 Å². The van der Waals surface area contributed by atoms with Gasteiger partial charge in [0.05, 0.1) is 87.3 Å². The third kappa shape index (κ3) is 21.6. The predicted octanol–water partition coefficient (Wildman–Crippen LogP) is 3.37. The highest BCUT2D eigenvalue weighted by atomic mass is 32.2. The molecule has 582 valence electrons. The number of carbonyl (C=O) groups is 2. The number of nitrogens with one attached hydrogen (secondary N) is 3. The number of amides is 2. The first kappa shape index (κ1) is 85.0. The molecule has 8 rings (SSSR count). The normalized spacial score (nSPS) is 19.0. The Morgan fingerprint density at radius 2 is 1.25 bits per heavy atom. The maximum Gasteiger partial charge on any atom is 0.490 e. The van der Waals surface area contributed by atoms with E-state index in [-0.39, 0.29) is 118 Å². The second-order valence-electron chi connectivity index (χ2n) is 25.1. The van der Waals surface area contributed by atoms with Crippen LogP contribution in [0.1, 0.15) is 89.1 Å². The number of unbranched alkanes of at least 4 members (excludes halogenated alkanes) is 2. The lowest BCUT2D eigenvalue weighted by molar-refractivity contribution is -0.401. The summed E-state index contributed by atoms with van der Waals surface area (Å²) in [5.41, 5.74) is -0.869. The number of aromatic amines is 1. The first-order valence-corrected chi connectivity index (χ1v) is 42.2. The number of carbonyl (C=O) groups excluding carboxylic acids is 2. The molecule has 2 amide bonds. The van der Waals surface area contributed by atoms with Crippen molar-refractivity contribution in [1.82, 2.24) is 20.2 Å². The van der Waals surface area contributed by atoms with E-state index in [4.69, 9.17) is 33.5 Å². The number of rotatable bonds is 36. The van der Waals surface area contributed by atoms with Crippen LogP contribution in [0.2, 0.25) is 0 Å². The van der Waals surface area contributed by atoms with Crippen LogP contribution >= 0.6 is 23.5 Å². The van der Waals surface area contributed by atoms with Crippen molar-refractivity contribution < 1.29 is 141 Å². The highest BCUT2D eigenvalue weighted by molar-refractivity contribution is 7.87. The third-order valence-corrected chi connectivity index (χ3v) is 24.2. The van der Waals surface area contributed by atoms with Gasteiger partial charge < -0.3 is 63.9 Å². The molecule has 1 saturated heterocycles. The van der Waals surface area contributed by atoms with Gasteiger partial charge in [-0.2, -0.15) is 46.9 Å². The quantitative estimate of drug-likeness (QED) is 0.00899. The van der Waals surface area contributed by atoms with E-state index in [1.807, 2.05) is 42.2 Å². The minimum Gasteiger partial charge on any atom is -0.390 e. The van der Waals surface area contributed by atoms with E-state index in [1.165, 1.54) is 12.1 Å². The lowest BCUT2D eigenvalue weighted by Crippen LogP contribution is -2.34. The number of benzene rings is 4. The largest absolute Gasteiger partial charge is 0.490 e. The molecular weight excluding hydrogens is 1550 g/mol. The third-order valence-electron chi connectivity index (χ3n) is 16.9. The summed E-state index contributed by atoms with van der Waals surface area (Å²) in [5.74, 6) is 4.38. The molecule has 2 unspecified atom stereocenters. The van der Waals surface area contributed by atoms with Crippen molar-refractivity contribution in [2.24, 2.45) is 0 Å². The Morgan fingerprint density at radius 3 is 1.82 bits per heavy atom. The van der Waals surface area contributed by atoms with E-state index >= 15 is 0 Å². The lowest BCUT2D eigenvalue weighted by atomic mass is 9.79. The van der Waals surface area contributed by atoms with E-state index in [9.17, 15) is 99.6 Å². The monoisotopic (exact) mass is 1630 g/mol. The topological polar surface area (TPSA) is 563 Å². The summed E-state index contributed by atoms with van der Waals surface area (Å²) in [6, 6.07) is 9.74. The average Bonchev–Trinajstić information content (AvgIpc) is 1.54. The Labute approximate surface area is 606 Å². The fourth-order valence-corrected chi connectivity index (χ4v) is 18.0. The van der Waals surface area contributed by atoms with Crippen molar-refractivity contribution in [3.8, 4) is 11.8 Å². The first-order valence-electron chi connectivity index (χ1n) is 31.9. The second kappa shape index (κ2) is 34.1. The zero-order valence-corrected chi connectivity index (χ0v) is 63.1. The van der Waals surface area contributed by atoms with Crippen LogP contribution in [0.3, 0.4) is 0 Å². The molecule has 3 aliphatic heterocycles. The highest BCUT2D eigenvalue weighted by Gasteiger charge is 2.47. The van der Waals surface area contributed by atoms with Gasteiger partial charge in [-0.3, -0.25) is 46.7 Å². The van der Waals surface area contributed by atoms with Crippen LogP contribution in [0.5, 0.6) is 0 Å². The lowest BCUT2D eigenvalue weighted by Gasteiger charge is -2.27. The van der Waals surface area contributed by atoms with Crippen LogP contribution in [-0.2, 0) is 111 Å². The number of aliphatic hydroxyl groups is 1. The number of phosphoric acid groups is 3. The van der Waals surface area contributed by atoms with Gasteiger partial charge in [-0.15, -0.1) is 0 Å². The number of fused-ring (bicyclic) bond motifs is 6. The van der Waals surface area contributed by atoms with Crippen LogP contribution in [0.15, 0.2) is 108 Å². The summed E-state index contributed by atoms with van der Waals surface area (Å²) in [6.45, 7) is 8.08. The summed E-state index contributed by atoms with van der Waals surface area (Å²) in [7, 11) is -35.3. The molecule has 0 saturated carbocycles. The minimum absolute atomic E-state index is 0.00487. The standard InChI is InChI=1S/C61H77N6O32P3S4/c1-60(2)51(65(5)45-17-15-41-43(56(45)60)31-39(103(80,81)82)33-49(41)105(86,87)88)12-9-13-52-61(3,4)57-44-32-40(104(83,84)85)34-50(106(89,90)91)42(44)16-18-46(57)66(52)22-8-6-7-14-53(69)63-21-24-93-26-28-95-30-29-94-27-25-92-23-19-54(70)62-20-10-11-38-36-67(59(72)64-58(38)71)55-35-47(68)48(97-55)37-96-101(76,77)99-102(78,79)98-100(73,74)75/h9,12-13,15-18,31-34,36,47-48,55,68H,6-8,14,19-30,35,37H2,1-5H3,(H10-,62,63,64,69,70,71,72,73,74,75,76,77,78,79,80,81,82,83,84,85,86,87,88,89,90,91)/p+1/t47-,48+,55+/m0/s1. The van der Waals surface area contributed by atoms with Crippen LogP contribution in [-0.4, -0.2) is 207 Å². The number of aliphatic hydroxyl groups excluding tert-OH is 1. The second-order valence-corrected chi connectivity index (χ2v) is 35.1. The Balaban J connectivity index is 0.737. The van der Waals surface area contributed by atoms with Gasteiger partial charge in [-0.1, -0.05) is 44.3 Å². The van der Waals surface area contributed by atoms with Gasteiger partial charge in [-0.25, -0.2) is 18.5 Å². The summed E-state index contributed by atoms with van der Waals surface area (Å²) >= 11 is 0. The molecule has 0 radical (unpaired) electrons. The Bertz CT molecular complexity index is 5160. The zero-order valence-electron chi connectivity index (χ0n) is 57.1. The molecule has 38 nitrogen and oxygen atoms in total. The number of allylic oxidation sites excluding steroid dienone is 4. The highest BCUT2D eigenvalue weighted by Crippen LogP contribution is 2.66. The van der Waals surface area contributed by atoms with E-state index in [2.05, 4.69) is 35.6 Å². The number of hydrogen-bond donors (Lipinski definition) is 12. The zero-order chi connectivity index (χ0) is 78.3. The predicted molar refractivity (Wildman–Crippen MR) is 374 cm³/mol. The molecule has 45 heteroatoms. The Kier molecular flexibility index (Phi) is 27.3. The van der Waals surface area contributed by atoms with E-state index < -0.39 is 137 Å². The molecule has 1 fully saturated rings. The van der Waals surface area contributed by atoms with Crippen molar-refractivity contribution in [2.45, 2.75) is 115 Å². The van der Waals surface area contributed by atoms with Gasteiger partial charge in [0.15, 0.2) is 5.71 Å². The van der Waals surface area contributed by atoms with Crippen LogP contribution in [0.25, 0.3) is 21.5 Å². The first-order chi connectivity index (χ1) is 49.2. The maximum atomic E-state index is 12.9. The molecule has 0 bridgehead atoms. The number of H-pyrrole nitrogens is 1. The molecule has 12 N–H and O–H groups in total. The van der Waals surface area contributed by atoms with E-state index in [0.717, 1.165) is 22.9 Å². The molecule has 5 aromatic rings. The number of ether oxygens (including phenoxy) is 5. The number of hydrogen-bond acceptors (Lipinski definition) is 25. The number of anilines is 1. The van der Waals surface area contributed by atoms with E-state index in [1.54, 1.807) is 37.4 Å². The van der Waals surface area contributed by atoms with Gasteiger partial charge >= 0.3 is 29.2 Å². The van der Waals surface area contributed by atoms with Crippen molar-refractivity contribution in [3.63, 3.8) is 0 Å². The fraction of sp³-hybridized carbons (Fsp3) is 0.459. The number of aromatic nitrogens is 2. The number of nitrogens with zero attached hydrogens (tertiary/aromatic N) is 3. The van der Waals surface area contributed by atoms with Gasteiger partial charge in [-0.05, 0) is 85.5 Å². The molecule has 4 heterocycles. The van der Waals surface area contributed by atoms with Crippen molar-refractivity contribution >= 4 is 114 Å². The summed E-state index contributed by atoms with van der Waals surface area (Å²) in [6.07, 6.45) is 3.37. The summed E-state index contributed by atoms with van der Waals surface area (Å²) in [4.78, 5) is 87.6. The van der Waals surface area contributed by atoms with Gasteiger partial charge in [0, 0.05) is 83.8 Å². The maximum absolute atomic E-state index is 12.9. The molecule has 0 spiro atoms. The van der Waals surface area contributed by atoms with Gasteiger partial charge in [0.1, 0.15) is 34.7 Å². The molecule has 5 atom stereocenters. The molecule has 0 aliphatic carbocycles. The minimum atomic E-state index is -5.82. The molecular formula is C61H78N6O32P3S4+. The van der Waals surface area contributed by atoms with E-state index in [0.29, 0.717) is 71.9 Å². The van der Waals surface area contributed by atoms with Gasteiger partial charge in [0.2, 0.25) is 17.5 Å². The van der Waals surface area contributed by atoms with Crippen molar-refractivity contribution in [2.75, 3.05) is 91.0 Å².